The van der Waals surface area contributed by atoms with Crippen LogP contribution in [0.4, 0.5) is 5.69 Å². The van der Waals surface area contributed by atoms with E-state index in [9.17, 15) is 14.9 Å². The predicted octanol–water partition coefficient (Wildman–Crippen LogP) is 3.33. The number of hydrogen-bond acceptors (Lipinski definition) is 4. The first kappa shape index (κ1) is 13.5. The molecule has 1 aromatic rings. The minimum atomic E-state index is -0.488. The fraction of sp³-hybridized carbons (Fsp3) is 0.500. The van der Waals surface area contributed by atoms with Crippen LogP contribution in [0.3, 0.4) is 0 Å². The minimum absolute atomic E-state index is 0.0218. The Bertz CT molecular complexity index is 469. The lowest BCUT2D eigenvalue weighted by atomic mass is 9.89. The van der Waals surface area contributed by atoms with Gasteiger partial charge in [0.25, 0.3) is 5.69 Å². The normalized spacial score (nSPS) is 22.8. The number of hydrogen-bond donors (Lipinski definition) is 0. The van der Waals surface area contributed by atoms with Gasteiger partial charge in [0.1, 0.15) is 6.10 Å². The smallest absolute Gasteiger partial charge is 0.338 e. The van der Waals surface area contributed by atoms with Crippen molar-refractivity contribution in [3.63, 3.8) is 0 Å². The monoisotopic (exact) mass is 263 g/mol. The number of carbonyl (C=O) groups is 1. The second kappa shape index (κ2) is 5.82. The van der Waals surface area contributed by atoms with Crippen molar-refractivity contribution >= 4 is 11.7 Å². The summed E-state index contributed by atoms with van der Waals surface area (Å²) in [7, 11) is 0. The second-order valence-corrected chi connectivity index (χ2v) is 5.10. The van der Waals surface area contributed by atoms with Gasteiger partial charge in [-0.25, -0.2) is 4.79 Å². The zero-order chi connectivity index (χ0) is 13.8. The van der Waals surface area contributed by atoms with Crippen molar-refractivity contribution in [1.82, 2.24) is 0 Å². The maximum Gasteiger partial charge on any atom is 0.338 e. The maximum absolute atomic E-state index is 11.9. The van der Waals surface area contributed by atoms with E-state index in [1.807, 2.05) is 0 Å². The molecule has 102 valence electrons. The van der Waals surface area contributed by atoms with Gasteiger partial charge in [-0.1, -0.05) is 13.3 Å². The Morgan fingerprint density at radius 1 is 1.32 bits per heavy atom. The van der Waals surface area contributed by atoms with Gasteiger partial charge in [0.15, 0.2) is 0 Å². The van der Waals surface area contributed by atoms with Gasteiger partial charge in [-0.2, -0.15) is 0 Å². The van der Waals surface area contributed by atoms with Crippen molar-refractivity contribution in [2.45, 2.75) is 38.7 Å². The first-order valence-electron chi connectivity index (χ1n) is 6.51. The van der Waals surface area contributed by atoms with Crippen LogP contribution < -0.4 is 0 Å². The average molecular weight is 263 g/mol. The molecule has 0 N–H and O–H groups in total. The van der Waals surface area contributed by atoms with Crippen LogP contribution in [0.2, 0.25) is 0 Å². The molecule has 2 atom stereocenters. The molecule has 0 unspecified atom stereocenters. The van der Waals surface area contributed by atoms with Gasteiger partial charge in [-0.3, -0.25) is 10.1 Å². The zero-order valence-electron chi connectivity index (χ0n) is 10.9. The van der Waals surface area contributed by atoms with Crippen LogP contribution in [0.15, 0.2) is 24.3 Å². The largest absolute Gasteiger partial charge is 0.459 e. The molecule has 5 heteroatoms. The van der Waals surface area contributed by atoms with E-state index in [4.69, 9.17) is 4.74 Å². The van der Waals surface area contributed by atoms with Crippen molar-refractivity contribution in [2.75, 3.05) is 0 Å². The number of esters is 1. The number of rotatable bonds is 3. The number of benzene rings is 1. The quantitative estimate of drug-likeness (QED) is 0.476. The summed E-state index contributed by atoms with van der Waals surface area (Å²) in [6, 6.07) is 5.51. The van der Waals surface area contributed by atoms with Crippen LogP contribution in [0.1, 0.15) is 43.0 Å². The summed E-state index contributed by atoms with van der Waals surface area (Å²) in [5.41, 5.74) is 0.340. The Hall–Kier alpha value is -1.91. The highest BCUT2D eigenvalue weighted by Gasteiger charge is 2.22. The van der Waals surface area contributed by atoms with Gasteiger partial charge in [0, 0.05) is 12.1 Å². The van der Waals surface area contributed by atoms with Crippen LogP contribution in [-0.4, -0.2) is 17.0 Å². The van der Waals surface area contributed by atoms with Crippen LogP contribution in [-0.2, 0) is 4.74 Å². The molecule has 2 rings (SSSR count). The highest BCUT2D eigenvalue weighted by Crippen LogP contribution is 2.26. The lowest BCUT2D eigenvalue weighted by molar-refractivity contribution is -0.384. The van der Waals surface area contributed by atoms with Crippen molar-refractivity contribution < 1.29 is 14.5 Å². The molecular weight excluding hydrogens is 246 g/mol. The summed E-state index contributed by atoms with van der Waals surface area (Å²) in [5, 5.41) is 10.5. The molecule has 1 aliphatic carbocycles. The van der Waals surface area contributed by atoms with Crippen LogP contribution in [0.5, 0.6) is 0 Å². The molecule has 0 amide bonds. The van der Waals surface area contributed by atoms with Gasteiger partial charge in [0.2, 0.25) is 0 Å². The number of nitro groups is 1. The Morgan fingerprint density at radius 3 is 2.58 bits per heavy atom. The van der Waals surface area contributed by atoms with E-state index in [-0.39, 0.29) is 11.8 Å². The summed E-state index contributed by atoms with van der Waals surface area (Å²) in [6.07, 6.45) is 4.05. The first-order valence-corrected chi connectivity index (χ1v) is 6.51. The topological polar surface area (TPSA) is 69.4 Å². The lowest BCUT2D eigenvalue weighted by Crippen LogP contribution is -2.24. The molecule has 0 heterocycles. The molecule has 0 radical (unpaired) electrons. The van der Waals surface area contributed by atoms with Gasteiger partial charge < -0.3 is 4.74 Å². The van der Waals surface area contributed by atoms with Gasteiger partial charge in [-0.15, -0.1) is 0 Å². The number of nitro benzene ring substituents is 1. The standard InChI is InChI=1S/C14H17NO4/c1-10-3-2-4-13(9-10)19-14(16)11-5-7-12(8-6-11)15(17)18/h5-8,10,13H,2-4,9H2,1H3/t10-,13-/m0/s1. The van der Waals surface area contributed by atoms with Crippen molar-refractivity contribution in [1.29, 1.82) is 0 Å². The van der Waals surface area contributed by atoms with E-state index < -0.39 is 10.9 Å². The molecule has 0 aromatic heterocycles. The Labute approximate surface area is 111 Å². The molecule has 19 heavy (non-hydrogen) atoms. The maximum atomic E-state index is 11.9. The molecule has 1 fully saturated rings. The van der Waals surface area contributed by atoms with Crippen LogP contribution in [0.25, 0.3) is 0 Å². The highest BCUT2D eigenvalue weighted by molar-refractivity contribution is 5.89. The zero-order valence-corrected chi connectivity index (χ0v) is 10.9. The van der Waals surface area contributed by atoms with Crippen LogP contribution >= 0.6 is 0 Å². The summed E-state index contributed by atoms with van der Waals surface area (Å²) in [4.78, 5) is 21.9. The summed E-state index contributed by atoms with van der Waals surface area (Å²) < 4.78 is 5.44. The molecule has 1 aromatic carbocycles. The van der Waals surface area contributed by atoms with Gasteiger partial charge in [-0.05, 0) is 37.3 Å². The first-order chi connectivity index (χ1) is 9.06. The van der Waals surface area contributed by atoms with E-state index in [1.54, 1.807) is 0 Å². The van der Waals surface area contributed by atoms with E-state index in [2.05, 4.69) is 6.92 Å². The molecule has 1 aliphatic rings. The number of nitrogens with zero attached hydrogens (tertiary/aromatic N) is 1. The van der Waals surface area contributed by atoms with Gasteiger partial charge >= 0.3 is 5.97 Å². The molecule has 0 aliphatic heterocycles. The third-order valence-electron chi connectivity index (χ3n) is 3.48. The molecule has 1 saturated carbocycles. The van der Waals surface area contributed by atoms with Crippen molar-refractivity contribution in [3.05, 3.63) is 39.9 Å². The fourth-order valence-corrected chi connectivity index (χ4v) is 2.42. The second-order valence-electron chi connectivity index (χ2n) is 5.10. The third kappa shape index (κ3) is 3.53. The number of non-ortho nitro benzene ring substituents is 1. The number of carbonyl (C=O) groups excluding carboxylic acids is 1. The van der Waals surface area contributed by atoms with Crippen LogP contribution in [0, 0.1) is 16.0 Å². The molecule has 0 saturated heterocycles. The van der Waals surface area contributed by atoms with Crippen molar-refractivity contribution in [2.24, 2.45) is 5.92 Å². The Kier molecular flexibility index (Phi) is 4.14. The predicted molar refractivity (Wildman–Crippen MR) is 69.9 cm³/mol. The van der Waals surface area contributed by atoms with Gasteiger partial charge in [0.05, 0.1) is 10.5 Å². The minimum Gasteiger partial charge on any atom is -0.459 e. The number of ether oxygens (including phenoxy) is 1. The average Bonchev–Trinajstić information content (AvgIpc) is 2.39. The SMILES string of the molecule is C[C@H]1CCC[C@H](OC(=O)c2ccc([N+](=O)[O-])cc2)C1. The Balaban J connectivity index is 1.97. The van der Waals surface area contributed by atoms with Crippen molar-refractivity contribution in [3.8, 4) is 0 Å². The lowest BCUT2D eigenvalue weighted by Gasteiger charge is -2.26. The third-order valence-corrected chi connectivity index (χ3v) is 3.48. The summed E-state index contributed by atoms with van der Waals surface area (Å²) in [5.74, 6) is 0.192. The molecule has 0 spiro atoms. The Morgan fingerprint density at radius 2 is 2.00 bits per heavy atom. The van der Waals surface area contributed by atoms with E-state index in [0.717, 1.165) is 19.3 Å². The molecular formula is C14H17NO4. The van der Waals surface area contributed by atoms with E-state index >= 15 is 0 Å². The highest BCUT2D eigenvalue weighted by atomic mass is 16.6. The molecule has 0 bridgehead atoms. The summed E-state index contributed by atoms with van der Waals surface area (Å²) >= 11 is 0. The van der Waals surface area contributed by atoms with E-state index in [0.29, 0.717) is 11.5 Å². The van der Waals surface area contributed by atoms with E-state index in [1.165, 1.54) is 30.7 Å². The fourth-order valence-electron chi connectivity index (χ4n) is 2.42. The summed E-state index contributed by atoms with van der Waals surface area (Å²) in [6.45, 7) is 2.16. The molecule has 5 nitrogen and oxygen atoms in total.